The summed E-state index contributed by atoms with van der Waals surface area (Å²) < 4.78 is 11.3. The minimum Gasteiger partial charge on any atom is -0.470 e. The summed E-state index contributed by atoms with van der Waals surface area (Å²) in [7, 11) is 0. The van der Waals surface area contributed by atoms with Crippen LogP contribution in [0, 0.1) is 46.8 Å². The van der Waals surface area contributed by atoms with Crippen LogP contribution in [-0.2, 0) is 9.47 Å². The SMILES string of the molecule is C=C(CCC(C)C1CCC2C3CCC(CC(O)CC)C(C)C3CCC12C)OC(C)OCC. The topological polar surface area (TPSA) is 38.7 Å². The largest absolute Gasteiger partial charge is 0.470 e. The molecule has 10 unspecified atom stereocenters. The Labute approximate surface area is 198 Å². The smallest absolute Gasteiger partial charge is 0.196 e. The molecule has 3 nitrogen and oxygen atoms in total. The monoisotopic (exact) mass is 448 g/mol. The Morgan fingerprint density at radius 2 is 1.84 bits per heavy atom. The normalized spacial score (nSPS) is 39.6. The molecule has 0 aromatic carbocycles. The fourth-order valence-corrected chi connectivity index (χ4v) is 8.38. The van der Waals surface area contributed by atoms with Gasteiger partial charge in [0.05, 0.1) is 11.9 Å². The van der Waals surface area contributed by atoms with Gasteiger partial charge < -0.3 is 14.6 Å². The van der Waals surface area contributed by atoms with Gasteiger partial charge in [0.15, 0.2) is 6.29 Å². The lowest BCUT2D eigenvalue weighted by Crippen LogP contribution is -2.47. The highest BCUT2D eigenvalue weighted by Gasteiger charge is 2.56. The van der Waals surface area contributed by atoms with Gasteiger partial charge in [-0.3, -0.25) is 0 Å². The zero-order chi connectivity index (χ0) is 23.5. The Kier molecular flexibility index (Phi) is 9.17. The maximum atomic E-state index is 10.3. The van der Waals surface area contributed by atoms with Gasteiger partial charge in [0.2, 0.25) is 0 Å². The van der Waals surface area contributed by atoms with Gasteiger partial charge in [0.25, 0.3) is 0 Å². The molecular formula is C29H52O3. The Morgan fingerprint density at radius 1 is 1.09 bits per heavy atom. The van der Waals surface area contributed by atoms with Crippen molar-refractivity contribution in [3.05, 3.63) is 12.3 Å². The van der Waals surface area contributed by atoms with Crippen LogP contribution < -0.4 is 0 Å². The summed E-state index contributed by atoms with van der Waals surface area (Å²) in [5, 5.41) is 10.3. The second-order valence-electron chi connectivity index (χ2n) is 11.9. The van der Waals surface area contributed by atoms with Crippen LogP contribution in [0.4, 0.5) is 0 Å². The van der Waals surface area contributed by atoms with E-state index in [-0.39, 0.29) is 12.4 Å². The summed E-state index contributed by atoms with van der Waals surface area (Å²) in [5.74, 6) is 6.66. The van der Waals surface area contributed by atoms with Crippen LogP contribution in [0.3, 0.4) is 0 Å². The van der Waals surface area contributed by atoms with Crippen molar-refractivity contribution in [3.63, 3.8) is 0 Å². The summed E-state index contributed by atoms with van der Waals surface area (Å²) in [4.78, 5) is 0. The summed E-state index contributed by atoms with van der Waals surface area (Å²) in [6.45, 7) is 18.5. The molecule has 3 aliphatic carbocycles. The molecule has 0 heterocycles. The molecule has 3 fully saturated rings. The van der Waals surface area contributed by atoms with Crippen molar-refractivity contribution in [2.45, 2.75) is 118 Å². The van der Waals surface area contributed by atoms with Gasteiger partial charge in [-0.15, -0.1) is 0 Å². The molecule has 3 heteroatoms. The molecule has 0 aromatic rings. The average molecular weight is 449 g/mol. The molecule has 186 valence electrons. The van der Waals surface area contributed by atoms with Crippen molar-refractivity contribution in [2.24, 2.45) is 46.8 Å². The van der Waals surface area contributed by atoms with E-state index in [0.717, 1.165) is 66.4 Å². The molecule has 0 bridgehead atoms. The summed E-state index contributed by atoms with van der Waals surface area (Å²) in [6.07, 6.45) is 12.1. The van der Waals surface area contributed by atoms with Crippen molar-refractivity contribution in [2.75, 3.05) is 6.61 Å². The van der Waals surface area contributed by atoms with E-state index in [1.54, 1.807) is 0 Å². The first-order valence-corrected chi connectivity index (χ1v) is 13.8. The molecule has 0 radical (unpaired) electrons. The first-order chi connectivity index (χ1) is 15.2. The second-order valence-corrected chi connectivity index (χ2v) is 11.9. The second kappa shape index (κ2) is 11.3. The van der Waals surface area contributed by atoms with E-state index < -0.39 is 0 Å². The molecule has 3 rings (SSSR count). The van der Waals surface area contributed by atoms with E-state index in [0.29, 0.717) is 12.0 Å². The number of allylic oxidation sites excluding steroid dienone is 1. The third-order valence-electron chi connectivity index (χ3n) is 10.2. The van der Waals surface area contributed by atoms with Gasteiger partial charge in [-0.1, -0.05) is 34.3 Å². The number of aliphatic hydroxyl groups is 1. The summed E-state index contributed by atoms with van der Waals surface area (Å²) >= 11 is 0. The van der Waals surface area contributed by atoms with Crippen molar-refractivity contribution in [1.82, 2.24) is 0 Å². The van der Waals surface area contributed by atoms with Gasteiger partial charge >= 0.3 is 0 Å². The first-order valence-electron chi connectivity index (χ1n) is 13.8. The van der Waals surface area contributed by atoms with E-state index in [1.807, 2.05) is 13.8 Å². The van der Waals surface area contributed by atoms with Crippen LogP contribution in [0.25, 0.3) is 0 Å². The minimum atomic E-state index is -0.193. The highest BCUT2D eigenvalue weighted by Crippen LogP contribution is 2.64. The Balaban J connectivity index is 1.57. The quantitative estimate of drug-likeness (QED) is 0.261. The molecule has 0 saturated heterocycles. The third-order valence-corrected chi connectivity index (χ3v) is 10.2. The van der Waals surface area contributed by atoms with E-state index in [2.05, 4.69) is 34.3 Å². The lowest BCUT2D eigenvalue weighted by molar-refractivity contribution is -0.101. The first kappa shape index (κ1) is 26.1. The zero-order valence-electron chi connectivity index (χ0n) is 21.9. The Morgan fingerprint density at radius 3 is 2.53 bits per heavy atom. The van der Waals surface area contributed by atoms with Gasteiger partial charge in [-0.25, -0.2) is 0 Å². The predicted octanol–water partition coefficient (Wildman–Crippen LogP) is 7.58. The highest BCUT2D eigenvalue weighted by molar-refractivity contribution is 5.06. The molecule has 3 aliphatic rings. The highest BCUT2D eigenvalue weighted by atomic mass is 16.7. The lowest BCUT2D eigenvalue weighted by Gasteiger charge is -2.55. The van der Waals surface area contributed by atoms with Crippen molar-refractivity contribution < 1.29 is 14.6 Å². The van der Waals surface area contributed by atoms with E-state index in [4.69, 9.17) is 9.47 Å². The van der Waals surface area contributed by atoms with E-state index >= 15 is 0 Å². The fourth-order valence-electron chi connectivity index (χ4n) is 8.38. The van der Waals surface area contributed by atoms with Gasteiger partial charge in [-0.2, -0.15) is 0 Å². The molecule has 0 spiro atoms. The standard InChI is InChI=1S/C29H52O3/c1-8-24(30)18-23-12-13-26-25(21(23)5)16-17-29(7)27(14-15-28(26)29)19(3)10-11-20(4)32-22(6)31-9-2/h19,21-28,30H,4,8-18H2,1-3,5-7H3. The third kappa shape index (κ3) is 5.57. The zero-order valence-corrected chi connectivity index (χ0v) is 21.9. The number of aliphatic hydroxyl groups excluding tert-OH is 1. The number of ether oxygens (including phenoxy) is 2. The molecule has 1 N–H and O–H groups in total. The molecule has 0 amide bonds. The maximum absolute atomic E-state index is 10.3. The number of rotatable bonds is 11. The summed E-state index contributed by atoms with van der Waals surface area (Å²) in [6, 6.07) is 0. The number of hydrogen-bond acceptors (Lipinski definition) is 3. The van der Waals surface area contributed by atoms with Crippen LogP contribution in [-0.4, -0.2) is 24.1 Å². The average Bonchev–Trinajstić information content (AvgIpc) is 3.11. The number of hydrogen-bond donors (Lipinski definition) is 1. The van der Waals surface area contributed by atoms with Crippen LogP contribution in [0.5, 0.6) is 0 Å². The molecular weight excluding hydrogens is 396 g/mol. The Hall–Kier alpha value is -0.540. The molecule has 32 heavy (non-hydrogen) atoms. The molecule has 10 atom stereocenters. The predicted molar refractivity (Wildman–Crippen MR) is 133 cm³/mol. The Bertz CT molecular complexity index is 603. The van der Waals surface area contributed by atoms with Crippen LogP contribution >= 0.6 is 0 Å². The van der Waals surface area contributed by atoms with Crippen molar-refractivity contribution in [1.29, 1.82) is 0 Å². The van der Waals surface area contributed by atoms with Crippen LogP contribution in [0.15, 0.2) is 12.3 Å². The lowest BCUT2D eigenvalue weighted by atomic mass is 9.50. The molecule has 3 saturated carbocycles. The van der Waals surface area contributed by atoms with Gasteiger partial charge in [0, 0.05) is 13.0 Å². The van der Waals surface area contributed by atoms with Gasteiger partial charge in [0.1, 0.15) is 0 Å². The maximum Gasteiger partial charge on any atom is 0.196 e. The molecule has 0 aliphatic heterocycles. The van der Waals surface area contributed by atoms with Crippen molar-refractivity contribution in [3.8, 4) is 0 Å². The number of fused-ring (bicyclic) bond motifs is 3. The minimum absolute atomic E-state index is 0.0974. The van der Waals surface area contributed by atoms with Crippen LogP contribution in [0.2, 0.25) is 0 Å². The van der Waals surface area contributed by atoms with E-state index in [1.165, 1.54) is 44.9 Å². The van der Waals surface area contributed by atoms with Crippen LogP contribution in [0.1, 0.15) is 106 Å². The van der Waals surface area contributed by atoms with Gasteiger partial charge in [-0.05, 0) is 118 Å². The summed E-state index contributed by atoms with van der Waals surface area (Å²) in [5.41, 5.74) is 0.511. The fraction of sp³-hybridized carbons (Fsp3) is 0.931. The molecule has 0 aromatic heterocycles. The van der Waals surface area contributed by atoms with Crippen molar-refractivity contribution >= 4 is 0 Å². The van der Waals surface area contributed by atoms with E-state index in [9.17, 15) is 5.11 Å².